The smallest absolute Gasteiger partial charge is 0.341 e. The van der Waals surface area contributed by atoms with E-state index in [9.17, 15) is 24.3 Å². The summed E-state index contributed by atoms with van der Waals surface area (Å²) in [6.07, 6.45) is 38.2. The molecule has 0 bridgehead atoms. The molecule has 8 heteroatoms. The van der Waals surface area contributed by atoms with Crippen molar-refractivity contribution in [3.05, 3.63) is 52.6 Å². The number of unbranched alkanes of at least 4 members (excludes halogenated alkanes) is 26. The van der Waals surface area contributed by atoms with Crippen LogP contribution >= 0.6 is 0 Å². The van der Waals surface area contributed by atoms with Crippen LogP contribution in [0.15, 0.2) is 47.1 Å². The number of carbonyl (C=O) groups excluding carboxylic acids is 4. The molecule has 0 aromatic heterocycles. The van der Waals surface area contributed by atoms with E-state index in [4.69, 9.17) is 9.47 Å². The van der Waals surface area contributed by atoms with Crippen molar-refractivity contribution in [1.29, 1.82) is 0 Å². The number of Topliss-reactive ketones (excluding diaryl/α,β-unsaturated/α-hetero) is 1. The zero-order valence-electron chi connectivity index (χ0n) is 39.7. The Hall–Kier alpha value is -3.42. The normalized spacial score (nSPS) is 18.5. The predicted octanol–water partition coefficient (Wildman–Crippen LogP) is 13.4. The lowest BCUT2D eigenvalue weighted by Crippen LogP contribution is -2.46. The molecule has 0 aliphatic heterocycles. The van der Waals surface area contributed by atoms with E-state index in [1.165, 1.54) is 149 Å². The number of rotatable bonds is 36. The summed E-state index contributed by atoms with van der Waals surface area (Å²) in [5, 5.41) is 12.8. The van der Waals surface area contributed by atoms with Crippen LogP contribution in [-0.2, 0) is 35.1 Å². The molecule has 62 heavy (non-hydrogen) atoms. The monoisotopic (exact) mass is 862 g/mol. The molecule has 2 aliphatic carbocycles. The maximum Gasteiger partial charge on any atom is 0.341 e. The van der Waals surface area contributed by atoms with Crippen LogP contribution in [0, 0.1) is 23.7 Å². The maximum absolute atomic E-state index is 14.5. The van der Waals surface area contributed by atoms with Crippen molar-refractivity contribution in [3.8, 4) is 5.75 Å². The zero-order chi connectivity index (χ0) is 44.8. The van der Waals surface area contributed by atoms with Crippen LogP contribution in [0.4, 0.5) is 0 Å². The molecule has 8 nitrogen and oxygen atoms in total. The number of phenolic OH excluding ortho intramolecular Hbond substituents is 1. The van der Waals surface area contributed by atoms with Gasteiger partial charge in [0, 0.05) is 18.4 Å². The largest absolute Gasteiger partial charge is 0.508 e. The molecule has 1 aromatic carbocycles. The summed E-state index contributed by atoms with van der Waals surface area (Å²) in [5.74, 6) is -4.69. The summed E-state index contributed by atoms with van der Waals surface area (Å²) in [6.45, 7) is 4.87. The second kappa shape index (κ2) is 32.3. The molecule has 1 amide bonds. The number of amides is 1. The quantitative estimate of drug-likeness (QED) is 0.0298. The number of nitrogens with one attached hydrogen (secondary N) is 1. The fourth-order valence-corrected chi connectivity index (χ4v) is 10.0. The van der Waals surface area contributed by atoms with Gasteiger partial charge in [-0.3, -0.25) is 14.4 Å². The Kier molecular flexibility index (Phi) is 27.5. The van der Waals surface area contributed by atoms with Gasteiger partial charge in [0.2, 0.25) is 5.91 Å². The van der Waals surface area contributed by atoms with E-state index >= 15 is 0 Å². The van der Waals surface area contributed by atoms with Gasteiger partial charge >= 0.3 is 11.9 Å². The first-order chi connectivity index (χ1) is 30.3. The summed E-state index contributed by atoms with van der Waals surface area (Å²) >= 11 is 0. The van der Waals surface area contributed by atoms with Crippen molar-refractivity contribution in [2.75, 3.05) is 20.8 Å². The molecule has 0 heterocycles. The van der Waals surface area contributed by atoms with Crippen molar-refractivity contribution in [2.45, 2.75) is 213 Å². The van der Waals surface area contributed by atoms with Crippen LogP contribution in [-0.4, -0.2) is 49.5 Å². The number of benzene rings is 1. The van der Waals surface area contributed by atoms with E-state index in [2.05, 4.69) is 19.2 Å². The molecule has 1 aromatic rings. The minimum atomic E-state index is -0.886. The van der Waals surface area contributed by atoms with Crippen LogP contribution in [0.25, 0.3) is 0 Å². The lowest BCUT2D eigenvalue weighted by molar-refractivity contribution is -0.147. The fourth-order valence-electron chi connectivity index (χ4n) is 10.0. The topological polar surface area (TPSA) is 119 Å². The van der Waals surface area contributed by atoms with Crippen molar-refractivity contribution in [3.63, 3.8) is 0 Å². The summed E-state index contributed by atoms with van der Waals surface area (Å²) in [5.41, 5.74) is 2.49. The molecule has 2 aliphatic rings. The lowest BCUT2D eigenvalue weighted by atomic mass is 9.64. The highest BCUT2D eigenvalue weighted by atomic mass is 16.5. The number of aromatic hydroxyl groups is 1. The summed E-state index contributed by atoms with van der Waals surface area (Å²) < 4.78 is 10.7. The SMILES string of the molecule is CCCCCCCCCCCCCCCCC1=CC(C(=O)NCCc2ccc(O)cc2)C2C(=O)C(C(=O)OC)=C(CCCCCCCCCCCCCCCC)C2C1C(=O)OC. The number of hydrogen-bond acceptors (Lipinski definition) is 7. The molecule has 0 fully saturated rings. The molecule has 0 saturated carbocycles. The zero-order valence-corrected chi connectivity index (χ0v) is 39.7. The van der Waals surface area contributed by atoms with Gasteiger partial charge < -0.3 is 19.9 Å². The van der Waals surface area contributed by atoms with Crippen molar-refractivity contribution < 1.29 is 33.8 Å². The highest BCUT2D eigenvalue weighted by molar-refractivity contribution is 6.22. The minimum Gasteiger partial charge on any atom is -0.508 e. The Bertz CT molecular complexity index is 1500. The van der Waals surface area contributed by atoms with Crippen molar-refractivity contribution in [2.24, 2.45) is 23.7 Å². The van der Waals surface area contributed by atoms with E-state index in [0.717, 1.165) is 56.1 Å². The van der Waals surface area contributed by atoms with E-state index in [1.54, 1.807) is 12.1 Å². The molecule has 3 rings (SSSR count). The number of carbonyl (C=O) groups is 4. The molecule has 0 saturated heterocycles. The summed E-state index contributed by atoms with van der Waals surface area (Å²) in [6, 6.07) is 6.90. The molecule has 4 unspecified atom stereocenters. The first-order valence-corrected chi connectivity index (χ1v) is 25.5. The van der Waals surface area contributed by atoms with E-state index in [-0.39, 0.29) is 17.2 Å². The third kappa shape index (κ3) is 18.7. The van der Waals surface area contributed by atoms with Crippen LogP contribution < -0.4 is 5.32 Å². The van der Waals surface area contributed by atoms with E-state index < -0.39 is 41.4 Å². The number of hydrogen-bond donors (Lipinski definition) is 2. The number of ketones is 1. The van der Waals surface area contributed by atoms with Gasteiger partial charge in [0.1, 0.15) is 11.3 Å². The van der Waals surface area contributed by atoms with Crippen molar-refractivity contribution >= 4 is 23.6 Å². The Balaban J connectivity index is 1.67. The van der Waals surface area contributed by atoms with Gasteiger partial charge in [-0.05, 0) is 55.4 Å². The van der Waals surface area contributed by atoms with Gasteiger partial charge in [-0.15, -0.1) is 0 Å². The lowest BCUT2D eigenvalue weighted by Gasteiger charge is -2.38. The van der Waals surface area contributed by atoms with Gasteiger partial charge in [0.15, 0.2) is 5.78 Å². The Morgan fingerprint density at radius 1 is 0.565 bits per heavy atom. The molecule has 350 valence electrons. The number of allylic oxidation sites excluding steroid dienone is 1. The Labute approximate surface area is 377 Å². The number of ether oxygens (including phenoxy) is 2. The van der Waals surface area contributed by atoms with Crippen LogP contribution in [0.2, 0.25) is 0 Å². The minimum absolute atomic E-state index is 0.0270. The molecule has 0 spiro atoms. The number of esters is 2. The Morgan fingerprint density at radius 3 is 1.44 bits per heavy atom. The second-order valence-electron chi connectivity index (χ2n) is 18.5. The van der Waals surface area contributed by atoms with Gasteiger partial charge in [0.25, 0.3) is 0 Å². The van der Waals surface area contributed by atoms with Crippen molar-refractivity contribution in [1.82, 2.24) is 5.32 Å². The molecular formula is C54H87NO7. The standard InChI is InChI=1S/C54H87NO7/c1-5-7-9-11-13-15-17-19-21-23-25-27-29-31-33-43-41-46(52(58)55-40-39-42-35-37-44(56)38-36-42)49-48(47(43)53(59)61-3)45(50(51(49)57)54(60)62-4)34-32-30-28-26-24-22-20-18-16-14-12-10-8-6-2/h35-38,41,46-49,56H,5-34,39-40H2,1-4H3,(H,55,58). The number of phenols is 1. The highest BCUT2D eigenvalue weighted by Gasteiger charge is 2.56. The fraction of sp³-hybridized carbons (Fsp3) is 0.741. The third-order valence-electron chi connectivity index (χ3n) is 13.6. The first kappa shape index (κ1) is 52.9. The van der Waals surface area contributed by atoms with Crippen LogP contribution in [0.3, 0.4) is 0 Å². The first-order valence-electron chi connectivity index (χ1n) is 25.5. The second-order valence-corrected chi connectivity index (χ2v) is 18.5. The number of methoxy groups -OCH3 is 2. The van der Waals surface area contributed by atoms with E-state index in [0.29, 0.717) is 31.4 Å². The Morgan fingerprint density at radius 2 is 1.00 bits per heavy atom. The third-order valence-corrected chi connectivity index (χ3v) is 13.6. The van der Waals surface area contributed by atoms with Gasteiger partial charge in [-0.1, -0.05) is 205 Å². The van der Waals surface area contributed by atoms with Gasteiger partial charge in [-0.2, -0.15) is 0 Å². The van der Waals surface area contributed by atoms with E-state index in [1.807, 2.05) is 18.2 Å². The average Bonchev–Trinajstić information content (AvgIpc) is 3.57. The summed E-state index contributed by atoms with van der Waals surface area (Å²) in [7, 11) is 2.68. The van der Waals surface area contributed by atoms with Gasteiger partial charge in [0.05, 0.1) is 26.1 Å². The summed E-state index contributed by atoms with van der Waals surface area (Å²) in [4.78, 5) is 55.9. The van der Waals surface area contributed by atoms with Crippen LogP contribution in [0.5, 0.6) is 5.75 Å². The predicted molar refractivity (Wildman–Crippen MR) is 253 cm³/mol. The molecule has 2 N–H and O–H groups in total. The van der Waals surface area contributed by atoms with Crippen LogP contribution in [0.1, 0.15) is 212 Å². The highest BCUT2D eigenvalue weighted by Crippen LogP contribution is 2.52. The average molecular weight is 862 g/mol. The maximum atomic E-state index is 14.5. The molecule has 0 radical (unpaired) electrons. The van der Waals surface area contributed by atoms with Gasteiger partial charge in [-0.25, -0.2) is 4.79 Å². The molecule has 4 atom stereocenters. The number of fused-ring (bicyclic) bond motifs is 1. The molecular weight excluding hydrogens is 775 g/mol.